The van der Waals surface area contributed by atoms with Crippen LogP contribution in [-0.2, 0) is 6.54 Å². The van der Waals surface area contributed by atoms with Gasteiger partial charge in [0.1, 0.15) is 0 Å². The third kappa shape index (κ3) is 3.48. The van der Waals surface area contributed by atoms with Gasteiger partial charge in [-0.2, -0.15) is 0 Å². The van der Waals surface area contributed by atoms with Crippen molar-refractivity contribution in [3.63, 3.8) is 0 Å². The Labute approximate surface area is 156 Å². The molecule has 140 valence electrons. The summed E-state index contributed by atoms with van der Waals surface area (Å²) in [5.41, 5.74) is 2.58. The van der Waals surface area contributed by atoms with Gasteiger partial charge in [-0.3, -0.25) is 9.36 Å². The van der Waals surface area contributed by atoms with Crippen molar-refractivity contribution in [3.8, 4) is 0 Å². The number of nitrogens with zero attached hydrogens (tertiary/aromatic N) is 6. The van der Waals surface area contributed by atoms with E-state index < -0.39 is 0 Å². The first kappa shape index (κ1) is 17.4. The molecule has 3 heterocycles. The molecule has 0 spiro atoms. The molecular formula is C19H22N6O2. The maximum absolute atomic E-state index is 12.4. The number of piperazine rings is 1. The van der Waals surface area contributed by atoms with Crippen LogP contribution in [0.25, 0.3) is 10.9 Å². The second kappa shape index (κ2) is 7.32. The molecule has 0 bridgehead atoms. The SMILES string of the molecule is Cc1ccnc(N2CCN(c3ccc4c(=O)n(CCO)cnc4c3)CC2)n1. The fraction of sp³-hybridized carbons (Fsp3) is 0.368. The molecule has 0 amide bonds. The summed E-state index contributed by atoms with van der Waals surface area (Å²) in [4.78, 5) is 30.1. The molecule has 4 rings (SSSR count). The van der Waals surface area contributed by atoms with Crippen LogP contribution in [0.15, 0.2) is 41.6 Å². The van der Waals surface area contributed by atoms with Crippen molar-refractivity contribution >= 4 is 22.5 Å². The first-order valence-electron chi connectivity index (χ1n) is 9.05. The van der Waals surface area contributed by atoms with Crippen LogP contribution >= 0.6 is 0 Å². The maximum atomic E-state index is 12.4. The Morgan fingerprint density at radius 2 is 1.85 bits per heavy atom. The molecule has 1 aliphatic heterocycles. The number of benzene rings is 1. The van der Waals surface area contributed by atoms with Gasteiger partial charge in [-0.1, -0.05) is 0 Å². The van der Waals surface area contributed by atoms with Gasteiger partial charge in [-0.25, -0.2) is 15.0 Å². The van der Waals surface area contributed by atoms with Gasteiger partial charge < -0.3 is 14.9 Å². The minimum absolute atomic E-state index is 0.0832. The van der Waals surface area contributed by atoms with E-state index in [0.717, 1.165) is 43.5 Å². The highest BCUT2D eigenvalue weighted by Gasteiger charge is 2.20. The molecule has 27 heavy (non-hydrogen) atoms. The zero-order valence-corrected chi connectivity index (χ0v) is 15.2. The van der Waals surface area contributed by atoms with E-state index in [1.807, 2.05) is 31.2 Å². The Bertz CT molecular complexity index is 1010. The number of aliphatic hydroxyl groups is 1. The molecule has 1 saturated heterocycles. The fourth-order valence-electron chi connectivity index (χ4n) is 3.36. The van der Waals surface area contributed by atoms with Gasteiger partial charge in [0.05, 0.1) is 30.4 Å². The highest BCUT2D eigenvalue weighted by Crippen LogP contribution is 2.21. The first-order valence-corrected chi connectivity index (χ1v) is 9.05. The molecule has 8 heteroatoms. The van der Waals surface area contributed by atoms with Crippen molar-refractivity contribution in [3.05, 3.63) is 52.8 Å². The number of hydrogen-bond acceptors (Lipinski definition) is 7. The second-order valence-electron chi connectivity index (χ2n) is 6.64. The number of rotatable bonds is 4. The van der Waals surface area contributed by atoms with E-state index in [2.05, 4.69) is 24.8 Å². The van der Waals surface area contributed by atoms with Gasteiger partial charge in [0.25, 0.3) is 5.56 Å². The molecule has 0 saturated carbocycles. The lowest BCUT2D eigenvalue weighted by Crippen LogP contribution is -2.47. The molecule has 0 atom stereocenters. The quantitative estimate of drug-likeness (QED) is 0.731. The van der Waals surface area contributed by atoms with Gasteiger partial charge in [0.2, 0.25) is 5.95 Å². The number of anilines is 2. The van der Waals surface area contributed by atoms with Gasteiger partial charge >= 0.3 is 0 Å². The maximum Gasteiger partial charge on any atom is 0.261 e. The zero-order chi connectivity index (χ0) is 18.8. The summed E-state index contributed by atoms with van der Waals surface area (Å²) in [6.45, 7) is 5.53. The fourth-order valence-corrected chi connectivity index (χ4v) is 3.36. The highest BCUT2D eigenvalue weighted by atomic mass is 16.3. The molecule has 1 aromatic carbocycles. The molecule has 0 radical (unpaired) electrons. The molecule has 0 unspecified atom stereocenters. The van der Waals surface area contributed by atoms with E-state index >= 15 is 0 Å². The average Bonchev–Trinajstić information content (AvgIpc) is 2.70. The van der Waals surface area contributed by atoms with Crippen LogP contribution < -0.4 is 15.4 Å². The Kier molecular flexibility index (Phi) is 4.72. The van der Waals surface area contributed by atoms with Crippen LogP contribution in [0.3, 0.4) is 0 Å². The second-order valence-corrected chi connectivity index (χ2v) is 6.64. The number of aromatic nitrogens is 4. The van der Waals surface area contributed by atoms with Crippen LogP contribution in [-0.4, -0.2) is 57.4 Å². The van der Waals surface area contributed by atoms with E-state index in [-0.39, 0.29) is 18.7 Å². The third-order valence-corrected chi connectivity index (χ3v) is 4.86. The number of hydrogen-bond donors (Lipinski definition) is 1. The summed E-state index contributed by atoms with van der Waals surface area (Å²) in [6, 6.07) is 7.65. The minimum Gasteiger partial charge on any atom is -0.395 e. The Balaban J connectivity index is 1.52. The molecule has 1 N–H and O–H groups in total. The summed E-state index contributed by atoms with van der Waals surface area (Å²) in [5, 5.41) is 9.61. The number of fused-ring (bicyclic) bond motifs is 1. The van der Waals surface area contributed by atoms with E-state index in [9.17, 15) is 4.79 Å². The largest absolute Gasteiger partial charge is 0.395 e. The normalized spacial score (nSPS) is 14.7. The van der Waals surface area contributed by atoms with Gasteiger partial charge in [-0.05, 0) is 31.2 Å². The smallest absolute Gasteiger partial charge is 0.261 e. The number of aliphatic hydroxyl groups excluding tert-OH is 1. The van der Waals surface area contributed by atoms with Crippen LogP contribution in [0, 0.1) is 6.92 Å². The Morgan fingerprint density at radius 1 is 1.07 bits per heavy atom. The summed E-state index contributed by atoms with van der Waals surface area (Å²) >= 11 is 0. The van der Waals surface area contributed by atoms with Gasteiger partial charge in [-0.15, -0.1) is 0 Å². The molecule has 1 fully saturated rings. The van der Waals surface area contributed by atoms with Gasteiger partial charge in [0.15, 0.2) is 0 Å². The Hall–Kier alpha value is -3.00. The average molecular weight is 366 g/mol. The lowest BCUT2D eigenvalue weighted by Gasteiger charge is -2.36. The van der Waals surface area contributed by atoms with E-state index in [4.69, 9.17) is 5.11 Å². The summed E-state index contributed by atoms with van der Waals surface area (Å²) < 4.78 is 1.43. The predicted molar refractivity (Wildman–Crippen MR) is 104 cm³/mol. The van der Waals surface area contributed by atoms with E-state index in [0.29, 0.717) is 10.9 Å². The molecule has 8 nitrogen and oxygen atoms in total. The summed E-state index contributed by atoms with van der Waals surface area (Å²) in [7, 11) is 0. The van der Waals surface area contributed by atoms with Crippen molar-refractivity contribution in [2.45, 2.75) is 13.5 Å². The lowest BCUT2D eigenvalue weighted by atomic mass is 10.2. The van der Waals surface area contributed by atoms with Crippen LogP contribution in [0.5, 0.6) is 0 Å². The highest BCUT2D eigenvalue weighted by molar-refractivity contribution is 5.81. The van der Waals surface area contributed by atoms with Crippen molar-refractivity contribution < 1.29 is 5.11 Å². The topological polar surface area (TPSA) is 87.4 Å². The minimum atomic E-state index is -0.123. The monoisotopic (exact) mass is 366 g/mol. The van der Waals surface area contributed by atoms with Gasteiger partial charge in [0, 0.05) is 43.8 Å². The van der Waals surface area contributed by atoms with Crippen molar-refractivity contribution in [2.24, 2.45) is 0 Å². The molecule has 0 aliphatic carbocycles. The molecular weight excluding hydrogens is 344 g/mol. The lowest BCUT2D eigenvalue weighted by molar-refractivity contribution is 0.274. The van der Waals surface area contributed by atoms with Crippen molar-refractivity contribution in [1.82, 2.24) is 19.5 Å². The summed E-state index contributed by atoms with van der Waals surface area (Å²) in [5.74, 6) is 0.777. The van der Waals surface area contributed by atoms with Crippen LogP contribution in [0.4, 0.5) is 11.6 Å². The molecule has 1 aliphatic rings. The third-order valence-electron chi connectivity index (χ3n) is 4.86. The van der Waals surface area contributed by atoms with Crippen LogP contribution in [0.1, 0.15) is 5.69 Å². The Morgan fingerprint density at radius 3 is 2.59 bits per heavy atom. The van der Waals surface area contributed by atoms with E-state index in [1.54, 1.807) is 6.20 Å². The van der Waals surface area contributed by atoms with Crippen molar-refractivity contribution in [1.29, 1.82) is 0 Å². The molecule has 3 aromatic rings. The first-order chi connectivity index (χ1) is 13.2. The predicted octanol–water partition coefficient (Wildman–Crippen LogP) is 0.814. The standard InChI is InChI=1S/C19H22N6O2/c1-14-4-5-20-19(22-14)24-8-6-23(7-9-24)15-2-3-16-17(12-15)21-13-25(10-11-26)18(16)27/h2-5,12-13,26H,6-11H2,1H3. The van der Waals surface area contributed by atoms with Crippen LogP contribution in [0.2, 0.25) is 0 Å². The summed E-state index contributed by atoms with van der Waals surface area (Å²) in [6.07, 6.45) is 3.29. The zero-order valence-electron chi connectivity index (χ0n) is 15.2. The number of aryl methyl sites for hydroxylation is 1. The van der Waals surface area contributed by atoms with Crippen molar-refractivity contribution in [2.75, 3.05) is 42.6 Å². The van der Waals surface area contributed by atoms with E-state index in [1.165, 1.54) is 10.9 Å². The molecule has 2 aromatic heterocycles.